The molecule has 21 heavy (non-hydrogen) atoms. The van der Waals surface area contributed by atoms with Crippen LogP contribution in [-0.2, 0) is 0 Å². The molecular weight excluding hydrogens is 304 g/mol. The monoisotopic (exact) mass is 322 g/mol. The third kappa shape index (κ3) is 2.96. The van der Waals surface area contributed by atoms with Gasteiger partial charge in [0.2, 0.25) is 0 Å². The summed E-state index contributed by atoms with van der Waals surface area (Å²) in [6.45, 7) is 0. The van der Waals surface area contributed by atoms with Crippen molar-refractivity contribution < 1.29 is 9.53 Å². The molecule has 0 aliphatic carbocycles. The van der Waals surface area contributed by atoms with Crippen molar-refractivity contribution in [2.75, 3.05) is 24.3 Å². The van der Waals surface area contributed by atoms with Gasteiger partial charge in [-0.25, -0.2) is 0 Å². The number of benzene rings is 1. The van der Waals surface area contributed by atoms with Crippen molar-refractivity contribution in [1.82, 2.24) is 5.32 Å². The van der Waals surface area contributed by atoms with Crippen LogP contribution < -0.4 is 15.8 Å². The van der Waals surface area contributed by atoms with Crippen LogP contribution >= 0.6 is 23.1 Å². The number of nitrogens with one attached hydrogen (secondary N) is 1. The third-order valence-corrected chi connectivity index (χ3v) is 5.91. The molecule has 1 aliphatic heterocycles. The van der Waals surface area contributed by atoms with Crippen molar-refractivity contribution in [2.24, 2.45) is 0 Å². The first-order chi connectivity index (χ1) is 10.2. The second-order valence-electron chi connectivity index (χ2n) is 5.07. The molecule has 0 saturated carbocycles. The van der Waals surface area contributed by atoms with Crippen molar-refractivity contribution in [3.63, 3.8) is 0 Å². The van der Waals surface area contributed by atoms with E-state index < -0.39 is 0 Å². The number of carbonyl (C=O) groups excluding carboxylic acids is 1. The van der Waals surface area contributed by atoms with Crippen LogP contribution in [0.25, 0.3) is 10.1 Å². The van der Waals surface area contributed by atoms with E-state index in [0.29, 0.717) is 10.6 Å². The first-order valence-corrected chi connectivity index (χ1v) is 8.91. The quantitative estimate of drug-likeness (QED) is 0.911. The largest absolute Gasteiger partial charge is 0.497 e. The zero-order valence-electron chi connectivity index (χ0n) is 11.8. The summed E-state index contributed by atoms with van der Waals surface area (Å²) in [5, 5.41) is 4.03. The number of nitrogen functional groups attached to an aromatic ring is 1. The molecule has 3 N–H and O–H groups in total. The summed E-state index contributed by atoms with van der Waals surface area (Å²) in [7, 11) is 1.63. The average Bonchev–Trinajstić information content (AvgIpc) is 2.85. The number of thioether (sulfide) groups is 1. The molecule has 1 aromatic heterocycles. The molecule has 1 aromatic carbocycles. The van der Waals surface area contributed by atoms with Gasteiger partial charge in [-0.1, -0.05) is 0 Å². The van der Waals surface area contributed by atoms with E-state index >= 15 is 0 Å². The Bertz CT molecular complexity index is 663. The molecule has 112 valence electrons. The van der Waals surface area contributed by atoms with Gasteiger partial charge in [-0.15, -0.1) is 11.3 Å². The molecule has 4 nitrogen and oxygen atoms in total. The van der Waals surface area contributed by atoms with Crippen LogP contribution in [0.15, 0.2) is 18.2 Å². The summed E-state index contributed by atoms with van der Waals surface area (Å²) in [6.07, 6.45) is 2.07. The predicted octanol–water partition coefficient (Wildman–Crippen LogP) is 3.12. The fourth-order valence-corrected chi connectivity index (χ4v) is 4.65. The van der Waals surface area contributed by atoms with Crippen molar-refractivity contribution in [1.29, 1.82) is 0 Å². The lowest BCUT2D eigenvalue weighted by Gasteiger charge is -2.22. The minimum absolute atomic E-state index is 0.0513. The van der Waals surface area contributed by atoms with E-state index in [2.05, 4.69) is 5.32 Å². The van der Waals surface area contributed by atoms with Crippen LogP contribution in [0.5, 0.6) is 5.75 Å². The van der Waals surface area contributed by atoms with Crippen LogP contribution in [-0.4, -0.2) is 30.6 Å². The standard InChI is InChI=1S/C15H18N2O2S2/c1-19-10-2-3-11-12(8-10)21-14(13(11)16)15(18)17-9-4-6-20-7-5-9/h2-3,8-9H,4-7,16H2,1H3,(H,17,18). The molecule has 1 saturated heterocycles. The van der Waals surface area contributed by atoms with Crippen molar-refractivity contribution in [3.05, 3.63) is 23.1 Å². The Labute approximate surface area is 132 Å². The molecule has 2 heterocycles. The second-order valence-corrected chi connectivity index (χ2v) is 7.34. The topological polar surface area (TPSA) is 64.3 Å². The summed E-state index contributed by atoms with van der Waals surface area (Å²) < 4.78 is 6.20. The summed E-state index contributed by atoms with van der Waals surface area (Å²) in [4.78, 5) is 13.0. The Morgan fingerprint density at radius 3 is 2.86 bits per heavy atom. The highest BCUT2D eigenvalue weighted by atomic mass is 32.2. The van der Waals surface area contributed by atoms with E-state index in [-0.39, 0.29) is 11.9 Å². The zero-order valence-corrected chi connectivity index (χ0v) is 13.5. The maximum atomic E-state index is 12.4. The smallest absolute Gasteiger partial charge is 0.263 e. The molecule has 0 radical (unpaired) electrons. The third-order valence-electron chi connectivity index (χ3n) is 3.70. The van der Waals surface area contributed by atoms with E-state index in [1.54, 1.807) is 7.11 Å². The van der Waals surface area contributed by atoms with Crippen LogP contribution in [0.4, 0.5) is 5.69 Å². The minimum Gasteiger partial charge on any atom is -0.497 e. The number of ether oxygens (including phenoxy) is 1. The molecule has 0 bridgehead atoms. The maximum Gasteiger partial charge on any atom is 0.263 e. The fourth-order valence-electron chi connectivity index (χ4n) is 2.49. The number of amides is 1. The van der Waals surface area contributed by atoms with Gasteiger partial charge in [-0.2, -0.15) is 11.8 Å². The number of nitrogens with two attached hydrogens (primary N) is 1. The van der Waals surface area contributed by atoms with Crippen molar-refractivity contribution in [3.8, 4) is 5.75 Å². The van der Waals surface area contributed by atoms with Crippen LogP contribution in [0.3, 0.4) is 0 Å². The summed E-state index contributed by atoms with van der Waals surface area (Å²) in [6, 6.07) is 5.97. The predicted molar refractivity (Wildman–Crippen MR) is 90.6 cm³/mol. The Balaban J connectivity index is 1.85. The van der Waals surface area contributed by atoms with Gasteiger partial charge in [0.1, 0.15) is 10.6 Å². The fraction of sp³-hybridized carbons (Fsp3) is 0.400. The van der Waals surface area contributed by atoms with Crippen molar-refractivity contribution in [2.45, 2.75) is 18.9 Å². The normalized spacial score (nSPS) is 16.0. The molecule has 3 rings (SSSR count). The Kier molecular flexibility index (Phi) is 4.26. The van der Waals surface area contributed by atoms with Gasteiger partial charge >= 0.3 is 0 Å². The van der Waals surface area contributed by atoms with Crippen LogP contribution in [0.1, 0.15) is 22.5 Å². The second kappa shape index (κ2) is 6.15. The van der Waals surface area contributed by atoms with E-state index in [9.17, 15) is 4.79 Å². The molecule has 1 aliphatic rings. The lowest BCUT2D eigenvalue weighted by Crippen LogP contribution is -2.37. The van der Waals surface area contributed by atoms with Gasteiger partial charge in [0.05, 0.1) is 12.8 Å². The summed E-state index contributed by atoms with van der Waals surface area (Å²) in [5.41, 5.74) is 6.71. The molecule has 1 amide bonds. The first kappa shape index (κ1) is 14.5. The lowest BCUT2D eigenvalue weighted by molar-refractivity contribution is 0.0940. The van der Waals surface area contributed by atoms with Crippen LogP contribution in [0, 0.1) is 0 Å². The molecule has 1 fully saturated rings. The SMILES string of the molecule is COc1ccc2c(N)c(C(=O)NC3CCSCC3)sc2c1. The van der Waals surface area contributed by atoms with Gasteiger partial charge in [-0.3, -0.25) is 4.79 Å². The average molecular weight is 322 g/mol. The highest BCUT2D eigenvalue weighted by molar-refractivity contribution is 7.99. The number of methoxy groups -OCH3 is 1. The minimum atomic E-state index is -0.0513. The highest BCUT2D eigenvalue weighted by Crippen LogP contribution is 2.36. The van der Waals surface area contributed by atoms with Gasteiger partial charge in [0.15, 0.2) is 0 Å². The highest BCUT2D eigenvalue weighted by Gasteiger charge is 2.21. The van der Waals surface area contributed by atoms with E-state index in [1.165, 1.54) is 11.3 Å². The Morgan fingerprint density at radius 2 is 2.14 bits per heavy atom. The number of hydrogen-bond donors (Lipinski definition) is 2. The number of thiophene rings is 1. The van der Waals surface area contributed by atoms with E-state index in [0.717, 1.165) is 40.2 Å². The number of anilines is 1. The Morgan fingerprint density at radius 1 is 1.38 bits per heavy atom. The zero-order chi connectivity index (χ0) is 14.8. The molecule has 6 heteroatoms. The van der Waals surface area contributed by atoms with Crippen molar-refractivity contribution >= 4 is 44.8 Å². The molecule has 2 aromatic rings. The molecular formula is C15H18N2O2S2. The van der Waals surface area contributed by atoms with Gasteiger partial charge < -0.3 is 15.8 Å². The summed E-state index contributed by atoms with van der Waals surface area (Å²) >= 11 is 3.37. The first-order valence-electron chi connectivity index (χ1n) is 6.93. The number of hydrogen-bond acceptors (Lipinski definition) is 5. The van der Waals surface area contributed by atoms with E-state index in [4.69, 9.17) is 10.5 Å². The molecule has 0 unspecified atom stereocenters. The number of carbonyl (C=O) groups is 1. The molecule has 0 spiro atoms. The number of fused-ring (bicyclic) bond motifs is 1. The number of rotatable bonds is 3. The van der Waals surface area contributed by atoms with E-state index in [1.807, 2.05) is 30.0 Å². The van der Waals surface area contributed by atoms with Gasteiger partial charge in [0.25, 0.3) is 5.91 Å². The van der Waals surface area contributed by atoms with Crippen LogP contribution in [0.2, 0.25) is 0 Å². The summed E-state index contributed by atoms with van der Waals surface area (Å²) in [5.74, 6) is 2.96. The molecule has 0 atom stereocenters. The maximum absolute atomic E-state index is 12.4. The Hall–Kier alpha value is -1.40. The lowest BCUT2D eigenvalue weighted by atomic mass is 10.1. The van der Waals surface area contributed by atoms with Gasteiger partial charge in [0, 0.05) is 16.1 Å². The van der Waals surface area contributed by atoms with Gasteiger partial charge in [-0.05, 0) is 42.5 Å².